The molecule has 1 unspecified atom stereocenters. The van der Waals surface area contributed by atoms with Gasteiger partial charge in [0.15, 0.2) is 23.0 Å². The first-order valence-electron chi connectivity index (χ1n) is 11.8. The second kappa shape index (κ2) is 13.4. The summed E-state index contributed by atoms with van der Waals surface area (Å²) in [5, 5.41) is 0. The topological polar surface area (TPSA) is 60.5 Å². The smallest absolute Gasteiger partial charge is 0.227 e. The van der Waals surface area contributed by atoms with E-state index in [2.05, 4.69) is 31.0 Å². The molecule has 35 heavy (non-hydrogen) atoms. The lowest BCUT2D eigenvalue weighted by Crippen LogP contribution is -2.35. The third-order valence-electron chi connectivity index (χ3n) is 6.58. The average Bonchev–Trinajstić information content (AvgIpc) is 3.00. The molecule has 3 rings (SSSR count). The van der Waals surface area contributed by atoms with Gasteiger partial charge < -0.3 is 28.7 Å². The number of halogens is 1. The van der Waals surface area contributed by atoms with Crippen molar-refractivity contribution in [1.29, 1.82) is 0 Å². The number of carbonyl (C=O) groups excluding carboxylic acids is 1. The van der Waals surface area contributed by atoms with Crippen molar-refractivity contribution >= 4 is 18.3 Å². The second-order valence-corrected chi connectivity index (χ2v) is 8.91. The summed E-state index contributed by atoms with van der Waals surface area (Å²) in [5.41, 5.74) is 3.41. The van der Waals surface area contributed by atoms with Gasteiger partial charge in [-0.1, -0.05) is 13.0 Å². The Kier molecular flexibility index (Phi) is 11.0. The molecule has 1 heterocycles. The molecular weight excluding hydrogens is 468 g/mol. The van der Waals surface area contributed by atoms with E-state index in [1.165, 1.54) is 5.56 Å². The Hall–Kier alpha value is -2.64. The fraction of sp³-hybridized carbons (Fsp3) is 0.519. The van der Waals surface area contributed by atoms with Crippen LogP contribution in [-0.4, -0.2) is 77.4 Å². The van der Waals surface area contributed by atoms with Crippen molar-refractivity contribution in [2.75, 3.05) is 61.7 Å². The third-order valence-corrected chi connectivity index (χ3v) is 6.58. The number of hydrogen-bond acceptors (Lipinski definition) is 6. The Morgan fingerprint density at radius 3 is 2.14 bits per heavy atom. The summed E-state index contributed by atoms with van der Waals surface area (Å²) in [6, 6.07) is 10.1. The maximum absolute atomic E-state index is 12.9. The Morgan fingerprint density at radius 2 is 1.51 bits per heavy atom. The minimum atomic E-state index is 0. The van der Waals surface area contributed by atoms with Crippen molar-refractivity contribution in [1.82, 2.24) is 9.80 Å². The van der Waals surface area contributed by atoms with E-state index in [0.717, 1.165) is 61.6 Å². The number of ether oxygens (including phenoxy) is 4. The second-order valence-electron chi connectivity index (χ2n) is 8.91. The van der Waals surface area contributed by atoms with Crippen molar-refractivity contribution in [3.63, 3.8) is 0 Å². The van der Waals surface area contributed by atoms with Crippen LogP contribution in [0.1, 0.15) is 36.0 Å². The Bertz CT molecular complexity index is 984. The van der Waals surface area contributed by atoms with E-state index >= 15 is 0 Å². The van der Waals surface area contributed by atoms with Gasteiger partial charge in [0, 0.05) is 19.6 Å². The number of likely N-dealkylation sites (N-methyl/N-ethyl adjacent to an activating group) is 1. The van der Waals surface area contributed by atoms with E-state index in [-0.39, 0.29) is 18.3 Å². The molecule has 0 bridgehead atoms. The minimum absolute atomic E-state index is 0. The molecule has 2 aromatic carbocycles. The van der Waals surface area contributed by atoms with Crippen LogP contribution < -0.4 is 18.9 Å². The summed E-state index contributed by atoms with van der Waals surface area (Å²) < 4.78 is 21.6. The van der Waals surface area contributed by atoms with E-state index in [0.29, 0.717) is 23.8 Å². The standard InChI is InChI=1S/C27H38N2O5.ClH/c1-19(20-8-9-23(31-3)24(14-20)32-4)18-28(2)11-7-12-29-13-10-21-15-25(33-5)26(34-6)16-22(21)17-27(29)30;/h8-9,14-16,19H,7,10-13,17-18H2,1-6H3;1H. The largest absolute Gasteiger partial charge is 0.493 e. The highest BCUT2D eigenvalue weighted by Gasteiger charge is 2.22. The first-order chi connectivity index (χ1) is 16.4. The predicted octanol–water partition coefficient (Wildman–Crippen LogP) is 4.20. The quantitative estimate of drug-likeness (QED) is 0.455. The molecule has 0 radical (unpaired) electrons. The molecular formula is C27H39ClN2O5. The number of nitrogens with zero attached hydrogens (tertiary/aromatic N) is 2. The van der Waals surface area contributed by atoms with Crippen LogP contribution in [0.3, 0.4) is 0 Å². The van der Waals surface area contributed by atoms with Gasteiger partial charge in [-0.15, -0.1) is 12.4 Å². The molecule has 0 aromatic heterocycles. The van der Waals surface area contributed by atoms with Crippen LogP contribution in [0.2, 0.25) is 0 Å². The van der Waals surface area contributed by atoms with Gasteiger partial charge in [-0.05, 0) is 73.3 Å². The monoisotopic (exact) mass is 506 g/mol. The zero-order chi connectivity index (χ0) is 24.7. The van der Waals surface area contributed by atoms with Crippen LogP contribution in [-0.2, 0) is 17.6 Å². The van der Waals surface area contributed by atoms with Gasteiger partial charge in [-0.3, -0.25) is 4.79 Å². The number of rotatable bonds is 11. The van der Waals surface area contributed by atoms with Crippen molar-refractivity contribution < 1.29 is 23.7 Å². The van der Waals surface area contributed by atoms with Gasteiger partial charge in [0.05, 0.1) is 34.9 Å². The van der Waals surface area contributed by atoms with E-state index in [1.54, 1.807) is 28.4 Å². The van der Waals surface area contributed by atoms with E-state index in [1.807, 2.05) is 23.1 Å². The van der Waals surface area contributed by atoms with Crippen molar-refractivity contribution in [3.05, 3.63) is 47.0 Å². The summed E-state index contributed by atoms with van der Waals surface area (Å²) in [6.07, 6.45) is 2.17. The van der Waals surface area contributed by atoms with Crippen molar-refractivity contribution in [3.8, 4) is 23.0 Å². The molecule has 2 aromatic rings. The lowest BCUT2D eigenvalue weighted by Gasteiger charge is -2.25. The van der Waals surface area contributed by atoms with Gasteiger partial charge in [0.25, 0.3) is 0 Å². The minimum Gasteiger partial charge on any atom is -0.493 e. The van der Waals surface area contributed by atoms with Crippen LogP contribution in [0.25, 0.3) is 0 Å². The summed E-state index contributed by atoms with van der Waals surface area (Å²) >= 11 is 0. The van der Waals surface area contributed by atoms with Crippen LogP contribution in [0.4, 0.5) is 0 Å². The van der Waals surface area contributed by atoms with Crippen LogP contribution in [0, 0.1) is 0 Å². The number of methoxy groups -OCH3 is 4. The van der Waals surface area contributed by atoms with Gasteiger partial charge in [-0.2, -0.15) is 0 Å². The maximum Gasteiger partial charge on any atom is 0.227 e. The molecule has 7 nitrogen and oxygen atoms in total. The maximum atomic E-state index is 12.9. The highest BCUT2D eigenvalue weighted by Crippen LogP contribution is 2.33. The summed E-state index contributed by atoms with van der Waals surface area (Å²) in [4.78, 5) is 17.2. The molecule has 0 fully saturated rings. The molecule has 1 aliphatic rings. The summed E-state index contributed by atoms with van der Waals surface area (Å²) in [6.45, 7) is 5.56. The summed E-state index contributed by atoms with van der Waals surface area (Å²) in [7, 11) is 8.71. The van der Waals surface area contributed by atoms with Gasteiger partial charge in [-0.25, -0.2) is 0 Å². The highest BCUT2D eigenvalue weighted by molar-refractivity contribution is 5.85. The Labute approximate surface area is 215 Å². The van der Waals surface area contributed by atoms with Gasteiger partial charge >= 0.3 is 0 Å². The molecule has 0 aliphatic carbocycles. The van der Waals surface area contributed by atoms with Crippen molar-refractivity contribution in [2.45, 2.75) is 32.1 Å². The van der Waals surface area contributed by atoms with Crippen molar-refractivity contribution in [2.24, 2.45) is 0 Å². The van der Waals surface area contributed by atoms with E-state index in [9.17, 15) is 4.79 Å². The summed E-state index contributed by atoms with van der Waals surface area (Å²) in [5.74, 6) is 3.41. The predicted molar refractivity (Wildman–Crippen MR) is 141 cm³/mol. The molecule has 0 saturated carbocycles. The molecule has 1 amide bonds. The Balaban J connectivity index is 0.00000432. The van der Waals surface area contributed by atoms with Crippen LogP contribution >= 0.6 is 12.4 Å². The number of hydrogen-bond donors (Lipinski definition) is 0. The zero-order valence-corrected chi connectivity index (χ0v) is 22.6. The molecule has 0 N–H and O–H groups in total. The molecule has 8 heteroatoms. The fourth-order valence-electron chi connectivity index (χ4n) is 4.61. The average molecular weight is 507 g/mol. The molecule has 0 saturated heterocycles. The number of carbonyl (C=O) groups is 1. The third kappa shape index (κ3) is 7.18. The molecule has 1 atom stereocenters. The van der Waals surface area contributed by atoms with Gasteiger partial charge in [0.2, 0.25) is 5.91 Å². The number of benzene rings is 2. The normalized spacial score (nSPS) is 14.0. The lowest BCUT2D eigenvalue weighted by molar-refractivity contribution is -0.130. The van der Waals surface area contributed by atoms with Crippen LogP contribution in [0.15, 0.2) is 30.3 Å². The number of fused-ring (bicyclic) bond motifs is 1. The number of amides is 1. The van der Waals surface area contributed by atoms with Gasteiger partial charge in [0.1, 0.15) is 0 Å². The molecule has 1 aliphatic heterocycles. The van der Waals surface area contributed by atoms with E-state index in [4.69, 9.17) is 18.9 Å². The molecule has 0 spiro atoms. The van der Waals surface area contributed by atoms with E-state index < -0.39 is 0 Å². The first kappa shape index (κ1) is 28.6. The Morgan fingerprint density at radius 1 is 0.914 bits per heavy atom. The first-order valence-corrected chi connectivity index (χ1v) is 11.8. The fourth-order valence-corrected chi connectivity index (χ4v) is 4.61. The van der Waals surface area contributed by atoms with Crippen LogP contribution in [0.5, 0.6) is 23.0 Å². The highest BCUT2D eigenvalue weighted by atomic mass is 35.5. The SMILES string of the molecule is COc1ccc(C(C)CN(C)CCCN2CCc3cc(OC)c(OC)cc3CC2=O)cc1OC.Cl. The molecule has 194 valence electrons. The zero-order valence-electron chi connectivity index (χ0n) is 21.8. The lowest BCUT2D eigenvalue weighted by atomic mass is 10.00.